The van der Waals surface area contributed by atoms with Crippen molar-refractivity contribution in [2.75, 3.05) is 36.6 Å². The number of benzene rings is 2. The van der Waals surface area contributed by atoms with Gasteiger partial charge in [-0.15, -0.1) is 0 Å². The lowest BCUT2D eigenvalue weighted by atomic mass is 10.1. The van der Waals surface area contributed by atoms with E-state index < -0.39 is 24.1 Å². The Bertz CT molecular complexity index is 1820. The van der Waals surface area contributed by atoms with Crippen LogP contribution in [0.1, 0.15) is 48.9 Å². The number of imidazole rings is 1. The predicted octanol–water partition coefficient (Wildman–Crippen LogP) is 3.55. The van der Waals surface area contributed by atoms with Crippen molar-refractivity contribution < 1.29 is 33.4 Å². The van der Waals surface area contributed by atoms with E-state index >= 15 is 0 Å². The Morgan fingerprint density at radius 3 is 2.38 bits per heavy atom. The van der Waals surface area contributed by atoms with Crippen molar-refractivity contribution in [2.45, 2.75) is 39.8 Å². The molecule has 2 heterocycles. The molecule has 0 aliphatic rings. The normalized spacial score (nSPS) is 12.0. The van der Waals surface area contributed by atoms with Gasteiger partial charge in [-0.2, -0.15) is 4.99 Å². The van der Waals surface area contributed by atoms with Crippen LogP contribution in [0.4, 0.5) is 16.3 Å². The zero-order valence-electron chi connectivity index (χ0n) is 28.5. The minimum Gasteiger partial charge on any atom is -0.466 e. The Morgan fingerprint density at radius 2 is 1.70 bits per heavy atom. The second-order valence-electron chi connectivity index (χ2n) is 11.5. The zero-order valence-corrected chi connectivity index (χ0v) is 28.5. The summed E-state index contributed by atoms with van der Waals surface area (Å²) in [6.45, 7) is 5.74. The van der Waals surface area contributed by atoms with Crippen molar-refractivity contribution in [3.63, 3.8) is 0 Å². The van der Waals surface area contributed by atoms with Gasteiger partial charge in [-0.1, -0.05) is 19.9 Å². The van der Waals surface area contributed by atoms with Crippen LogP contribution in [0.5, 0.6) is 0 Å². The summed E-state index contributed by atoms with van der Waals surface area (Å²) in [7, 11) is 1.89. The second-order valence-corrected chi connectivity index (χ2v) is 11.5. The van der Waals surface area contributed by atoms with Crippen molar-refractivity contribution >= 4 is 52.3 Å². The smallest absolute Gasteiger partial charge is 0.435 e. The molecule has 0 aliphatic heterocycles. The molecule has 2 aromatic carbocycles. The number of anilines is 2. The predicted molar refractivity (Wildman–Crippen MR) is 187 cm³/mol. The number of nitrogens with two attached hydrogens (primary N) is 2. The number of hydrogen-bond acceptors (Lipinski definition) is 11. The number of carbonyl (C=O) groups excluding carboxylic acids is 4. The average Bonchev–Trinajstić information content (AvgIpc) is 3.43. The minimum absolute atomic E-state index is 0.0274. The van der Waals surface area contributed by atoms with Gasteiger partial charge in [0.2, 0.25) is 0 Å². The zero-order chi connectivity index (χ0) is 36.2. The number of pyridine rings is 1. The van der Waals surface area contributed by atoms with Gasteiger partial charge in [0.1, 0.15) is 36.7 Å². The summed E-state index contributed by atoms with van der Waals surface area (Å²) in [6.07, 6.45) is 0.700. The number of ether oxygens (including phenoxy) is 3. The number of amidine groups is 1. The van der Waals surface area contributed by atoms with Crippen molar-refractivity contribution in [2.24, 2.45) is 29.4 Å². The van der Waals surface area contributed by atoms with Gasteiger partial charge in [-0.05, 0) is 67.4 Å². The van der Waals surface area contributed by atoms with E-state index in [1.165, 1.54) is 4.90 Å². The Morgan fingerprint density at radius 1 is 0.980 bits per heavy atom. The number of carbonyl (C=O) groups is 4. The number of aromatic nitrogens is 3. The fraction of sp³-hybridized carbons (Fsp3) is 0.343. The number of nitrogens with one attached hydrogen (secondary N) is 1. The van der Waals surface area contributed by atoms with Crippen LogP contribution < -0.4 is 21.7 Å². The van der Waals surface area contributed by atoms with E-state index in [1.807, 2.05) is 17.7 Å². The maximum absolute atomic E-state index is 13.6. The van der Waals surface area contributed by atoms with Gasteiger partial charge < -0.3 is 35.6 Å². The fourth-order valence-corrected chi connectivity index (χ4v) is 4.74. The van der Waals surface area contributed by atoms with Crippen LogP contribution in [-0.4, -0.2) is 76.7 Å². The van der Waals surface area contributed by atoms with Crippen molar-refractivity contribution in [1.82, 2.24) is 14.5 Å². The van der Waals surface area contributed by atoms with Crippen LogP contribution in [0.25, 0.3) is 11.0 Å². The SMILES string of the molecule is CCOC(=O)CCN(C(=O)c1ccc2c(c1)nc(CNc1ccc(C(N)=NC(=O)OCCOC(=O)C(N)C(C)C)cc1)n2C)c1ccccn1. The lowest BCUT2D eigenvalue weighted by Crippen LogP contribution is -2.37. The van der Waals surface area contributed by atoms with Gasteiger partial charge in [-0.25, -0.2) is 14.8 Å². The summed E-state index contributed by atoms with van der Waals surface area (Å²) in [5, 5.41) is 3.31. The highest BCUT2D eigenvalue weighted by Crippen LogP contribution is 2.21. The van der Waals surface area contributed by atoms with Crippen LogP contribution >= 0.6 is 0 Å². The Hall–Kier alpha value is -5.83. The summed E-state index contributed by atoms with van der Waals surface area (Å²) in [5.74, 6) is -0.253. The van der Waals surface area contributed by atoms with Gasteiger partial charge in [0.25, 0.3) is 5.91 Å². The number of aliphatic imine (C=N–C) groups is 1. The molecule has 0 fully saturated rings. The van der Waals surface area contributed by atoms with E-state index in [2.05, 4.69) is 15.3 Å². The van der Waals surface area contributed by atoms with Crippen LogP contribution in [0.15, 0.2) is 71.9 Å². The molecule has 2 amide bonds. The number of aryl methyl sites for hydroxylation is 1. The molecule has 0 saturated heterocycles. The van der Waals surface area contributed by atoms with E-state index in [0.717, 1.165) is 17.0 Å². The molecule has 0 aliphatic carbocycles. The molecule has 50 heavy (non-hydrogen) atoms. The fourth-order valence-electron chi connectivity index (χ4n) is 4.74. The number of rotatable bonds is 15. The largest absolute Gasteiger partial charge is 0.466 e. The lowest BCUT2D eigenvalue weighted by Gasteiger charge is -2.21. The van der Waals surface area contributed by atoms with E-state index in [9.17, 15) is 19.2 Å². The molecule has 0 saturated carbocycles. The maximum atomic E-state index is 13.6. The van der Waals surface area contributed by atoms with Crippen LogP contribution in [0, 0.1) is 5.92 Å². The Labute approximate surface area is 289 Å². The van der Waals surface area contributed by atoms with Gasteiger partial charge in [0.15, 0.2) is 0 Å². The molecule has 0 radical (unpaired) electrons. The molecule has 1 atom stereocenters. The third kappa shape index (κ3) is 9.85. The quantitative estimate of drug-likeness (QED) is 0.0540. The number of fused-ring (bicyclic) bond motifs is 1. The van der Waals surface area contributed by atoms with Gasteiger partial charge >= 0.3 is 18.0 Å². The highest BCUT2D eigenvalue weighted by molar-refractivity contribution is 6.07. The Balaban J connectivity index is 1.36. The number of nitrogens with zero attached hydrogens (tertiary/aromatic N) is 5. The second kappa shape index (κ2) is 17.5. The summed E-state index contributed by atoms with van der Waals surface area (Å²) in [6, 6.07) is 16.7. The highest BCUT2D eigenvalue weighted by Gasteiger charge is 2.22. The van der Waals surface area contributed by atoms with Gasteiger partial charge in [0.05, 0.1) is 30.6 Å². The monoisotopic (exact) mass is 686 g/mol. The molecule has 2 aromatic heterocycles. The minimum atomic E-state index is -0.915. The first-order valence-corrected chi connectivity index (χ1v) is 16.1. The number of hydrogen-bond donors (Lipinski definition) is 3. The molecule has 5 N–H and O–H groups in total. The molecule has 0 spiro atoms. The molecule has 0 bridgehead atoms. The molecule has 15 heteroatoms. The number of amides is 2. The van der Waals surface area contributed by atoms with Crippen molar-refractivity contribution in [3.05, 3.63) is 83.8 Å². The van der Waals surface area contributed by atoms with Crippen molar-refractivity contribution in [3.8, 4) is 0 Å². The van der Waals surface area contributed by atoms with E-state index in [0.29, 0.717) is 29.0 Å². The molecule has 4 rings (SSSR count). The summed E-state index contributed by atoms with van der Waals surface area (Å²) in [4.78, 5) is 63.8. The van der Waals surface area contributed by atoms with Gasteiger partial charge in [-0.3, -0.25) is 19.3 Å². The van der Waals surface area contributed by atoms with Crippen LogP contribution in [0.3, 0.4) is 0 Å². The van der Waals surface area contributed by atoms with E-state index in [4.69, 9.17) is 30.7 Å². The molecule has 1 unspecified atom stereocenters. The molecule has 15 nitrogen and oxygen atoms in total. The first kappa shape index (κ1) is 37.0. The molecular weight excluding hydrogens is 644 g/mol. The molecule has 264 valence electrons. The Kier molecular flexibility index (Phi) is 13.0. The maximum Gasteiger partial charge on any atom is 0.435 e. The summed E-state index contributed by atoms with van der Waals surface area (Å²) >= 11 is 0. The summed E-state index contributed by atoms with van der Waals surface area (Å²) < 4.78 is 16.9. The van der Waals surface area contributed by atoms with Crippen molar-refractivity contribution in [1.29, 1.82) is 0 Å². The third-order valence-electron chi connectivity index (χ3n) is 7.62. The van der Waals surface area contributed by atoms with Crippen LogP contribution in [0.2, 0.25) is 0 Å². The highest BCUT2D eigenvalue weighted by atomic mass is 16.6. The third-order valence-corrected chi connectivity index (χ3v) is 7.62. The van der Waals surface area contributed by atoms with Gasteiger partial charge in [0, 0.05) is 36.6 Å². The number of esters is 2. The average molecular weight is 687 g/mol. The topological polar surface area (TPSA) is 206 Å². The lowest BCUT2D eigenvalue weighted by molar-refractivity contribution is -0.147. The molecule has 4 aromatic rings. The summed E-state index contributed by atoms with van der Waals surface area (Å²) in [5.41, 5.74) is 14.8. The first-order valence-electron chi connectivity index (χ1n) is 16.1. The standard InChI is InChI=1S/C35H42N8O7/c1-5-48-30(44)15-17-43(28-8-6-7-16-38-28)33(45)24-11-14-27-26(20-24)40-29(42(27)4)21-39-25-12-9-23(10-13-25)32(37)41-35(47)50-19-18-49-34(46)31(36)22(2)3/h6-14,16,20,22,31,39H,5,15,17-19,21,36H2,1-4H3,(H2,37,41,47). The molecular formula is C35H42N8O7. The van der Waals surface area contributed by atoms with E-state index in [-0.39, 0.29) is 50.4 Å². The van der Waals surface area contributed by atoms with Crippen LogP contribution in [-0.2, 0) is 37.4 Å². The van der Waals surface area contributed by atoms with E-state index in [1.54, 1.807) is 81.6 Å². The first-order chi connectivity index (χ1) is 24.0.